The number of piperidine rings is 1. The number of aliphatic hydroxyl groups excluding tert-OH is 2. The van der Waals surface area contributed by atoms with E-state index in [-0.39, 0.29) is 38.3 Å². The van der Waals surface area contributed by atoms with Gasteiger partial charge in [0.25, 0.3) is 0 Å². The summed E-state index contributed by atoms with van der Waals surface area (Å²) in [6.07, 6.45) is 2.54. The highest BCUT2D eigenvalue weighted by molar-refractivity contribution is 5.76. The summed E-state index contributed by atoms with van der Waals surface area (Å²) in [5.74, 6) is -0.0768. The SMILES string of the molecule is O=C(CCOC1CCNCC1)N(CCO)CCO. The summed E-state index contributed by atoms with van der Waals surface area (Å²) in [6.45, 7) is 2.73. The number of nitrogens with one attached hydrogen (secondary N) is 1. The molecule has 18 heavy (non-hydrogen) atoms. The Kier molecular flexibility index (Phi) is 7.91. The Morgan fingerprint density at radius 2 is 1.83 bits per heavy atom. The Morgan fingerprint density at radius 3 is 2.39 bits per heavy atom. The van der Waals surface area contributed by atoms with Crippen LogP contribution in [0.15, 0.2) is 0 Å². The number of nitrogens with zero attached hydrogens (tertiary/aromatic N) is 1. The summed E-state index contributed by atoms with van der Waals surface area (Å²) < 4.78 is 5.65. The maximum absolute atomic E-state index is 11.8. The second-order valence-electron chi connectivity index (χ2n) is 4.40. The highest BCUT2D eigenvalue weighted by Gasteiger charge is 2.16. The predicted octanol–water partition coefficient (Wildman–Crippen LogP) is -1.04. The highest BCUT2D eigenvalue weighted by atomic mass is 16.5. The molecular formula is C12H24N2O4. The third kappa shape index (κ3) is 5.77. The van der Waals surface area contributed by atoms with Crippen molar-refractivity contribution in [2.45, 2.75) is 25.4 Å². The molecule has 0 atom stereocenters. The molecule has 1 amide bonds. The van der Waals surface area contributed by atoms with Crippen LogP contribution in [0.4, 0.5) is 0 Å². The zero-order valence-corrected chi connectivity index (χ0v) is 10.8. The summed E-state index contributed by atoms with van der Waals surface area (Å²) in [5, 5.41) is 20.9. The Labute approximate surface area is 108 Å². The fourth-order valence-electron chi connectivity index (χ4n) is 2.04. The Bertz CT molecular complexity index is 226. The van der Waals surface area contributed by atoms with Gasteiger partial charge in [0, 0.05) is 13.1 Å². The largest absolute Gasteiger partial charge is 0.395 e. The van der Waals surface area contributed by atoms with Crippen molar-refractivity contribution in [3.8, 4) is 0 Å². The summed E-state index contributed by atoms with van der Waals surface area (Å²) in [6, 6.07) is 0. The molecule has 1 aliphatic rings. The Balaban J connectivity index is 2.17. The quantitative estimate of drug-likeness (QED) is 0.519. The third-order valence-corrected chi connectivity index (χ3v) is 3.05. The summed E-state index contributed by atoms with van der Waals surface area (Å²) in [4.78, 5) is 13.2. The first-order valence-corrected chi connectivity index (χ1v) is 6.59. The van der Waals surface area contributed by atoms with Crippen molar-refractivity contribution in [2.75, 3.05) is 46.0 Å². The number of rotatable bonds is 8. The lowest BCUT2D eigenvalue weighted by Gasteiger charge is -2.24. The van der Waals surface area contributed by atoms with Crippen LogP contribution >= 0.6 is 0 Å². The van der Waals surface area contributed by atoms with Crippen LogP contribution in [-0.2, 0) is 9.53 Å². The number of ether oxygens (including phenoxy) is 1. The van der Waals surface area contributed by atoms with Crippen LogP contribution in [0, 0.1) is 0 Å². The molecule has 0 saturated carbocycles. The topological polar surface area (TPSA) is 82.0 Å². The minimum Gasteiger partial charge on any atom is -0.395 e. The Morgan fingerprint density at radius 1 is 1.22 bits per heavy atom. The molecule has 1 aliphatic heterocycles. The normalized spacial score (nSPS) is 16.8. The van der Waals surface area contributed by atoms with Gasteiger partial charge in [-0.05, 0) is 25.9 Å². The number of hydrogen-bond acceptors (Lipinski definition) is 5. The molecule has 6 heteroatoms. The van der Waals surface area contributed by atoms with E-state index in [9.17, 15) is 4.79 Å². The van der Waals surface area contributed by atoms with E-state index in [1.54, 1.807) is 0 Å². The lowest BCUT2D eigenvalue weighted by Crippen LogP contribution is -2.37. The highest BCUT2D eigenvalue weighted by Crippen LogP contribution is 2.07. The van der Waals surface area contributed by atoms with E-state index < -0.39 is 0 Å². The lowest BCUT2D eigenvalue weighted by atomic mass is 10.1. The van der Waals surface area contributed by atoms with Gasteiger partial charge in [-0.3, -0.25) is 4.79 Å². The summed E-state index contributed by atoms with van der Waals surface area (Å²) in [5.41, 5.74) is 0. The van der Waals surface area contributed by atoms with Gasteiger partial charge in [-0.15, -0.1) is 0 Å². The second kappa shape index (κ2) is 9.27. The van der Waals surface area contributed by atoms with E-state index in [2.05, 4.69) is 5.32 Å². The molecule has 0 aromatic carbocycles. The fraction of sp³-hybridized carbons (Fsp3) is 0.917. The van der Waals surface area contributed by atoms with Gasteiger partial charge in [0.15, 0.2) is 0 Å². The van der Waals surface area contributed by atoms with E-state index >= 15 is 0 Å². The predicted molar refractivity (Wildman–Crippen MR) is 67.2 cm³/mol. The molecule has 3 N–H and O–H groups in total. The minimum atomic E-state index is -0.0824. The standard InChI is InChI=1S/C12H24N2O4/c15-8-6-14(7-9-16)12(17)3-10-18-11-1-4-13-5-2-11/h11,13,15-16H,1-10H2. The molecule has 6 nitrogen and oxygen atoms in total. The number of carbonyl (C=O) groups is 1. The van der Waals surface area contributed by atoms with Gasteiger partial charge in [0.2, 0.25) is 5.91 Å². The van der Waals surface area contributed by atoms with Gasteiger partial charge in [-0.25, -0.2) is 0 Å². The lowest BCUT2D eigenvalue weighted by molar-refractivity contribution is -0.134. The molecule has 0 radical (unpaired) electrons. The molecule has 0 aromatic rings. The van der Waals surface area contributed by atoms with Gasteiger partial charge >= 0.3 is 0 Å². The molecule has 1 fully saturated rings. The smallest absolute Gasteiger partial charge is 0.225 e. The average Bonchev–Trinajstić information content (AvgIpc) is 2.39. The van der Waals surface area contributed by atoms with E-state index in [4.69, 9.17) is 14.9 Å². The first-order valence-electron chi connectivity index (χ1n) is 6.59. The molecule has 106 valence electrons. The van der Waals surface area contributed by atoms with Crippen LogP contribution in [0.2, 0.25) is 0 Å². The molecule has 1 rings (SSSR count). The molecule has 0 unspecified atom stereocenters. The molecule has 0 aromatic heterocycles. The van der Waals surface area contributed by atoms with Crippen LogP contribution in [-0.4, -0.2) is 73.1 Å². The maximum Gasteiger partial charge on any atom is 0.225 e. The van der Waals surface area contributed by atoms with Crippen LogP contribution < -0.4 is 5.32 Å². The van der Waals surface area contributed by atoms with Gasteiger partial charge in [0.1, 0.15) is 0 Å². The molecular weight excluding hydrogens is 236 g/mol. The molecule has 1 heterocycles. The van der Waals surface area contributed by atoms with E-state index in [0.29, 0.717) is 13.0 Å². The van der Waals surface area contributed by atoms with Crippen LogP contribution in [0.25, 0.3) is 0 Å². The first-order chi connectivity index (χ1) is 8.77. The fourth-order valence-corrected chi connectivity index (χ4v) is 2.04. The van der Waals surface area contributed by atoms with Crippen molar-refractivity contribution in [3.63, 3.8) is 0 Å². The zero-order chi connectivity index (χ0) is 13.2. The van der Waals surface area contributed by atoms with Gasteiger partial charge < -0.3 is 25.2 Å². The summed E-state index contributed by atoms with van der Waals surface area (Å²) >= 11 is 0. The molecule has 0 bridgehead atoms. The van der Waals surface area contributed by atoms with E-state index in [1.165, 1.54) is 4.90 Å². The van der Waals surface area contributed by atoms with Gasteiger partial charge in [-0.1, -0.05) is 0 Å². The Hall–Kier alpha value is -0.690. The van der Waals surface area contributed by atoms with Gasteiger partial charge in [0.05, 0.1) is 32.3 Å². The van der Waals surface area contributed by atoms with Crippen molar-refractivity contribution in [2.24, 2.45) is 0 Å². The number of hydrogen-bond donors (Lipinski definition) is 3. The second-order valence-corrected chi connectivity index (χ2v) is 4.40. The van der Waals surface area contributed by atoms with Crippen LogP contribution in [0.3, 0.4) is 0 Å². The van der Waals surface area contributed by atoms with E-state index in [1.807, 2.05) is 0 Å². The monoisotopic (exact) mass is 260 g/mol. The van der Waals surface area contributed by atoms with Crippen molar-refractivity contribution in [3.05, 3.63) is 0 Å². The average molecular weight is 260 g/mol. The van der Waals surface area contributed by atoms with Crippen molar-refractivity contribution in [1.82, 2.24) is 10.2 Å². The minimum absolute atomic E-state index is 0.0768. The van der Waals surface area contributed by atoms with Gasteiger partial charge in [-0.2, -0.15) is 0 Å². The number of carbonyl (C=O) groups excluding carboxylic acids is 1. The number of amides is 1. The van der Waals surface area contributed by atoms with Crippen LogP contribution in [0.1, 0.15) is 19.3 Å². The first kappa shape index (κ1) is 15.4. The molecule has 0 aliphatic carbocycles. The summed E-state index contributed by atoms with van der Waals surface area (Å²) in [7, 11) is 0. The van der Waals surface area contributed by atoms with Crippen molar-refractivity contribution in [1.29, 1.82) is 0 Å². The molecule has 0 spiro atoms. The number of aliphatic hydroxyl groups is 2. The van der Waals surface area contributed by atoms with E-state index in [0.717, 1.165) is 25.9 Å². The third-order valence-electron chi connectivity index (χ3n) is 3.05. The van der Waals surface area contributed by atoms with Crippen LogP contribution in [0.5, 0.6) is 0 Å². The zero-order valence-electron chi connectivity index (χ0n) is 10.8. The maximum atomic E-state index is 11.8. The molecule has 1 saturated heterocycles. The van der Waals surface area contributed by atoms with Crippen molar-refractivity contribution >= 4 is 5.91 Å². The van der Waals surface area contributed by atoms with Crippen molar-refractivity contribution < 1.29 is 19.7 Å².